The van der Waals surface area contributed by atoms with E-state index < -0.39 is 5.82 Å². The number of aryl methyl sites for hydroxylation is 1. The Hall–Kier alpha value is -1.91. The number of rotatable bonds is 6. The van der Waals surface area contributed by atoms with Crippen LogP contribution in [0.4, 0.5) is 10.1 Å². The molecular weight excluding hydrogens is 399 g/mol. The number of benzene rings is 1. The number of hydrogen-bond donors (Lipinski definition) is 2. The highest BCUT2D eigenvalue weighted by Crippen LogP contribution is 2.38. The molecule has 3 rings (SSSR count). The first kappa shape index (κ1) is 18.9. The molecule has 0 saturated carbocycles. The molecule has 1 fully saturated rings. The van der Waals surface area contributed by atoms with E-state index in [0.29, 0.717) is 29.8 Å². The molecule has 1 aliphatic rings. The average molecular weight is 421 g/mol. The lowest BCUT2D eigenvalue weighted by Gasteiger charge is -2.20. The van der Waals surface area contributed by atoms with Crippen LogP contribution in [0.3, 0.4) is 0 Å². The van der Waals surface area contributed by atoms with Crippen LogP contribution in [0.15, 0.2) is 10.5 Å². The predicted molar refractivity (Wildman–Crippen MR) is 104 cm³/mol. The van der Waals surface area contributed by atoms with E-state index in [1.165, 1.54) is 0 Å². The third-order valence-corrected chi connectivity index (χ3v) is 5.49. The minimum atomic E-state index is -0.413. The summed E-state index contributed by atoms with van der Waals surface area (Å²) < 4.78 is 21.1. The van der Waals surface area contributed by atoms with E-state index in [4.69, 9.17) is 10.00 Å². The van der Waals surface area contributed by atoms with Crippen LogP contribution in [0.5, 0.6) is 5.88 Å². The van der Waals surface area contributed by atoms with Crippen LogP contribution in [0.2, 0.25) is 0 Å². The fourth-order valence-corrected chi connectivity index (χ4v) is 3.78. The minimum absolute atomic E-state index is 0.278. The number of halogens is 2. The van der Waals surface area contributed by atoms with Gasteiger partial charge in [0.15, 0.2) is 5.82 Å². The predicted octanol–water partition coefficient (Wildman–Crippen LogP) is 4.07. The number of hydrogen-bond acceptors (Lipinski definition) is 5. The van der Waals surface area contributed by atoms with Gasteiger partial charge in [-0.15, -0.1) is 0 Å². The highest BCUT2D eigenvalue weighted by molar-refractivity contribution is 9.10. The second kappa shape index (κ2) is 8.19. The van der Waals surface area contributed by atoms with Gasteiger partial charge in [-0.1, -0.05) is 0 Å². The van der Waals surface area contributed by atoms with Gasteiger partial charge in [-0.05, 0) is 60.8 Å². The first-order valence-corrected chi connectivity index (χ1v) is 9.64. The smallest absolute Gasteiger partial charge is 0.219 e. The zero-order valence-electron chi connectivity index (χ0n) is 15.0. The first-order valence-electron chi connectivity index (χ1n) is 8.85. The third-order valence-electron chi connectivity index (χ3n) is 4.63. The Morgan fingerprint density at radius 1 is 1.54 bits per heavy atom. The van der Waals surface area contributed by atoms with E-state index in [1.54, 1.807) is 0 Å². The van der Waals surface area contributed by atoms with Crippen molar-refractivity contribution >= 4 is 32.5 Å². The number of anilines is 1. The van der Waals surface area contributed by atoms with Gasteiger partial charge in [-0.3, -0.25) is 0 Å². The van der Waals surface area contributed by atoms with Crippen molar-refractivity contribution in [3.63, 3.8) is 0 Å². The molecule has 5 nitrogen and oxygen atoms in total. The van der Waals surface area contributed by atoms with Crippen molar-refractivity contribution in [1.29, 1.82) is 5.26 Å². The zero-order valence-corrected chi connectivity index (χ0v) is 16.5. The standard InChI is InChI=1S/C19H22BrFN4O/c1-3-26-19-11(2)17(24-13-6-8-23-10-13)14-9-12(5-4-7-22)15(20)16(21)18(14)25-19/h9,13,23H,3-6,8,10H2,1-2H3,(H,24,25)/t13-/m0/s1. The van der Waals surface area contributed by atoms with Crippen LogP contribution in [-0.2, 0) is 6.42 Å². The average Bonchev–Trinajstić information content (AvgIpc) is 3.14. The second-order valence-electron chi connectivity index (χ2n) is 6.40. The van der Waals surface area contributed by atoms with Gasteiger partial charge in [-0.25, -0.2) is 9.37 Å². The molecule has 0 unspecified atom stereocenters. The van der Waals surface area contributed by atoms with Gasteiger partial charge < -0.3 is 15.4 Å². The molecule has 0 amide bonds. The summed E-state index contributed by atoms with van der Waals surface area (Å²) in [7, 11) is 0. The summed E-state index contributed by atoms with van der Waals surface area (Å²) in [5.41, 5.74) is 2.78. The number of nitrogens with zero attached hydrogens (tertiary/aromatic N) is 2. The maximum absolute atomic E-state index is 15.0. The molecule has 1 aromatic carbocycles. The fourth-order valence-electron chi connectivity index (χ4n) is 3.28. The summed E-state index contributed by atoms with van der Waals surface area (Å²) in [6.45, 7) is 6.12. The monoisotopic (exact) mass is 420 g/mol. The quantitative estimate of drug-likeness (QED) is 0.736. The Labute approximate surface area is 161 Å². The number of ether oxygens (including phenoxy) is 1. The Morgan fingerprint density at radius 2 is 2.35 bits per heavy atom. The normalized spacial score (nSPS) is 16.7. The van der Waals surface area contributed by atoms with Gasteiger partial charge in [0.25, 0.3) is 0 Å². The molecular formula is C19H22BrFN4O. The van der Waals surface area contributed by atoms with E-state index >= 15 is 4.39 Å². The number of nitriles is 1. The molecule has 0 radical (unpaired) electrons. The Morgan fingerprint density at radius 3 is 3.00 bits per heavy atom. The Balaban J connectivity index is 2.19. The molecule has 1 aliphatic heterocycles. The lowest BCUT2D eigenvalue weighted by Crippen LogP contribution is -2.23. The minimum Gasteiger partial charge on any atom is -0.478 e. The summed E-state index contributed by atoms with van der Waals surface area (Å²) in [4.78, 5) is 4.43. The molecule has 2 aromatic rings. The molecule has 26 heavy (non-hydrogen) atoms. The lowest BCUT2D eigenvalue weighted by molar-refractivity contribution is 0.325. The van der Waals surface area contributed by atoms with Gasteiger partial charge in [0.1, 0.15) is 5.52 Å². The zero-order chi connectivity index (χ0) is 18.7. The van der Waals surface area contributed by atoms with Crippen LogP contribution in [0, 0.1) is 24.1 Å². The van der Waals surface area contributed by atoms with E-state index in [9.17, 15) is 0 Å². The second-order valence-corrected chi connectivity index (χ2v) is 7.19. The molecule has 2 N–H and O–H groups in total. The molecule has 7 heteroatoms. The van der Waals surface area contributed by atoms with Crippen molar-refractivity contribution < 1.29 is 9.13 Å². The van der Waals surface area contributed by atoms with Crippen molar-refractivity contribution in [2.24, 2.45) is 0 Å². The number of nitrogens with one attached hydrogen (secondary N) is 2. The van der Waals surface area contributed by atoms with E-state index in [-0.39, 0.29) is 11.6 Å². The summed E-state index contributed by atoms with van der Waals surface area (Å²) in [5, 5.41) is 16.5. The molecule has 1 aromatic heterocycles. The van der Waals surface area contributed by atoms with E-state index in [1.807, 2.05) is 19.9 Å². The Kier molecular flexibility index (Phi) is 5.94. The van der Waals surface area contributed by atoms with Crippen molar-refractivity contribution in [2.45, 2.75) is 39.2 Å². The van der Waals surface area contributed by atoms with Crippen LogP contribution >= 0.6 is 15.9 Å². The topological polar surface area (TPSA) is 70.0 Å². The van der Waals surface area contributed by atoms with Crippen LogP contribution in [0.1, 0.15) is 30.9 Å². The van der Waals surface area contributed by atoms with Crippen molar-refractivity contribution in [2.75, 3.05) is 25.0 Å². The SMILES string of the molecule is CCOc1nc2c(F)c(Br)c(CCC#N)cc2c(N[C@H]2CCNC2)c1C. The van der Waals surface area contributed by atoms with Gasteiger partial charge >= 0.3 is 0 Å². The molecule has 0 aliphatic carbocycles. The van der Waals surface area contributed by atoms with Crippen LogP contribution < -0.4 is 15.4 Å². The van der Waals surface area contributed by atoms with E-state index in [2.05, 4.69) is 37.6 Å². The highest BCUT2D eigenvalue weighted by atomic mass is 79.9. The maximum atomic E-state index is 15.0. The van der Waals surface area contributed by atoms with Gasteiger partial charge in [0, 0.05) is 30.0 Å². The third kappa shape index (κ3) is 3.62. The molecule has 138 valence electrons. The number of fused-ring (bicyclic) bond motifs is 1. The molecule has 1 atom stereocenters. The summed E-state index contributed by atoms with van der Waals surface area (Å²) in [6, 6.07) is 4.33. The van der Waals surface area contributed by atoms with Gasteiger partial charge in [0.2, 0.25) is 5.88 Å². The number of aromatic nitrogens is 1. The van der Waals surface area contributed by atoms with Gasteiger partial charge in [-0.2, -0.15) is 5.26 Å². The maximum Gasteiger partial charge on any atom is 0.219 e. The largest absolute Gasteiger partial charge is 0.478 e. The summed E-state index contributed by atoms with van der Waals surface area (Å²) in [6.07, 6.45) is 1.83. The molecule has 0 bridgehead atoms. The van der Waals surface area contributed by atoms with Crippen LogP contribution in [-0.4, -0.2) is 30.7 Å². The first-order chi connectivity index (χ1) is 12.6. The molecule has 0 spiro atoms. The highest BCUT2D eigenvalue weighted by Gasteiger charge is 2.22. The summed E-state index contributed by atoms with van der Waals surface area (Å²) in [5.74, 6) is 0.0352. The lowest BCUT2D eigenvalue weighted by atomic mass is 10.0. The van der Waals surface area contributed by atoms with Crippen molar-refractivity contribution in [3.8, 4) is 11.9 Å². The van der Waals surface area contributed by atoms with Gasteiger partial charge in [0.05, 0.1) is 22.8 Å². The number of pyridine rings is 1. The fraction of sp³-hybridized carbons (Fsp3) is 0.474. The van der Waals surface area contributed by atoms with Crippen molar-refractivity contribution in [1.82, 2.24) is 10.3 Å². The molecule has 1 saturated heterocycles. The van der Waals surface area contributed by atoms with E-state index in [0.717, 1.165) is 41.7 Å². The van der Waals surface area contributed by atoms with Crippen LogP contribution in [0.25, 0.3) is 10.9 Å². The molecule has 2 heterocycles. The Bertz CT molecular complexity index is 859. The van der Waals surface area contributed by atoms with Crippen molar-refractivity contribution in [3.05, 3.63) is 27.5 Å². The summed E-state index contributed by atoms with van der Waals surface area (Å²) >= 11 is 3.33.